The van der Waals surface area contributed by atoms with Crippen molar-refractivity contribution in [3.05, 3.63) is 0 Å². The van der Waals surface area contributed by atoms with Gasteiger partial charge < -0.3 is 4.74 Å². The molecule has 0 spiro atoms. The minimum absolute atomic E-state index is 0. The third-order valence-electron chi connectivity index (χ3n) is 0.268. The first kappa shape index (κ1) is 11.6. The Hall–Kier alpha value is 1.88. The van der Waals surface area contributed by atoms with Crippen LogP contribution in [0.2, 0.25) is 0 Å². The molecule has 7 heavy (non-hydrogen) atoms. The SMILES string of the molecule is CCOC(=S)S.[KH]. The fraction of sp³-hybridized carbons (Fsp3) is 0.667. The molecule has 0 aliphatic rings. The molecule has 0 aliphatic carbocycles. The van der Waals surface area contributed by atoms with E-state index in [-0.39, 0.29) is 51.4 Å². The molecule has 0 aromatic heterocycles. The summed E-state index contributed by atoms with van der Waals surface area (Å²) in [6.45, 7) is 2.48. The molecule has 0 rings (SSSR count). The van der Waals surface area contributed by atoms with Crippen molar-refractivity contribution in [2.24, 2.45) is 0 Å². The standard InChI is InChI=1S/C3H6OS2.K.H/c1-2-4-3(5)6;;/h2H2,1H3,(H,5,6);;. The van der Waals surface area contributed by atoms with Crippen LogP contribution in [0.5, 0.6) is 0 Å². The van der Waals surface area contributed by atoms with Gasteiger partial charge in [0.1, 0.15) is 0 Å². The Balaban J connectivity index is 0. The van der Waals surface area contributed by atoms with Gasteiger partial charge in [-0.05, 0) is 19.1 Å². The summed E-state index contributed by atoms with van der Waals surface area (Å²) in [7, 11) is 0. The number of rotatable bonds is 1. The van der Waals surface area contributed by atoms with E-state index in [1.165, 1.54) is 0 Å². The van der Waals surface area contributed by atoms with Crippen LogP contribution in [0.25, 0.3) is 0 Å². The monoisotopic (exact) mass is 162 g/mol. The average Bonchev–Trinajstić information content (AvgIpc) is 1.35. The van der Waals surface area contributed by atoms with Crippen molar-refractivity contribution in [3.8, 4) is 0 Å². The number of ether oxygens (including phenoxy) is 1. The van der Waals surface area contributed by atoms with Gasteiger partial charge in [-0.25, -0.2) is 0 Å². The van der Waals surface area contributed by atoms with Crippen LogP contribution in [0.4, 0.5) is 0 Å². The zero-order chi connectivity index (χ0) is 4.99. The third-order valence-corrected chi connectivity index (χ3v) is 0.515. The summed E-state index contributed by atoms with van der Waals surface area (Å²) in [5, 5.41) is 0. The van der Waals surface area contributed by atoms with Crippen molar-refractivity contribution in [3.63, 3.8) is 0 Å². The molecule has 0 heterocycles. The summed E-state index contributed by atoms with van der Waals surface area (Å²) in [6.07, 6.45) is 0. The predicted octanol–water partition coefficient (Wildman–Crippen LogP) is 0.589. The van der Waals surface area contributed by atoms with E-state index < -0.39 is 0 Å². The first-order chi connectivity index (χ1) is 2.77. The van der Waals surface area contributed by atoms with E-state index in [1.807, 2.05) is 6.92 Å². The van der Waals surface area contributed by atoms with Gasteiger partial charge in [0.2, 0.25) is 4.38 Å². The maximum atomic E-state index is 4.64. The van der Waals surface area contributed by atoms with Crippen molar-refractivity contribution in [2.45, 2.75) is 6.92 Å². The Morgan fingerprint density at radius 1 is 1.86 bits per heavy atom. The fourth-order valence-electron chi connectivity index (χ4n) is 0.123. The van der Waals surface area contributed by atoms with Gasteiger partial charge in [0.05, 0.1) is 6.61 Å². The van der Waals surface area contributed by atoms with Gasteiger partial charge in [-0.15, -0.1) is 0 Å². The van der Waals surface area contributed by atoms with Gasteiger partial charge >= 0.3 is 51.4 Å². The van der Waals surface area contributed by atoms with Crippen molar-refractivity contribution in [1.29, 1.82) is 0 Å². The Bertz CT molecular complexity index is 56.9. The topological polar surface area (TPSA) is 9.23 Å². The Kier molecular flexibility index (Phi) is 13.1. The zero-order valence-corrected chi connectivity index (χ0v) is 5.18. The van der Waals surface area contributed by atoms with Gasteiger partial charge in [0.25, 0.3) is 0 Å². The van der Waals surface area contributed by atoms with Crippen LogP contribution in [0.15, 0.2) is 0 Å². The van der Waals surface area contributed by atoms with Crippen molar-refractivity contribution in [1.82, 2.24) is 0 Å². The molecule has 0 unspecified atom stereocenters. The molecule has 38 valence electrons. The fourth-order valence-corrected chi connectivity index (χ4v) is 0.370. The van der Waals surface area contributed by atoms with Crippen LogP contribution in [0.1, 0.15) is 6.92 Å². The van der Waals surface area contributed by atoms with Gasteiger partial charge in [0, 0.05) is 0 Å². The van der Waals surface area contributed by atoms with Crippen LogP contribution >= 0.6 is 24.8 Å². The molecule has 1 nitrogen and oxygen atoms in total. The van der Waals surface area contributed by atoms with Crippen LogP contribution in [-0.2, 0) is 4.74 Å². The maximum absolute atomic E-state index is 4.64. The normalized spacial score (nSPS) is 6.57. The Labute approximate surface area is 97.0 Å². The van der Waals surface area contributed by atoms with Gasteiger partial charge in [-0.1, -0.05) is 12.6 Å². The second-order valence-electron chi connectivity index (χ2n) is 0.699. The molecule has 0 radical (unpaired) electrons. The molecule has 0 saturated heterocycles. The van der Waals surface area contributed by atoms with E-state index in [9.17, 15) is 0 Å². The number of thiol groups is 1. The number of hydrogen-bond donors (Lipinski definition) is 1. The first-order valence-electron chi connectivity index (χ1n) is 1.63. The summed E-state index contributed by atoms with van der Waals surface area (Å²) in [4.78, 5) is 0. The van der Waals surface area contributed by atoms with Crippen LogP contribution in [-0.4, -0.2) is 62.4 Å². The van der Waals surface area contributed by atoms with E-state index in [2.05, 4.69) is 29.6 Å². The molecule has 0 atom stereocenters. The summed E-state index contributed by atoms with van der Waals surface area (Å²) in [5.74, 6) is 0. The predicted molar refractivity (Wildman–Crippen MR) is 40.4 cm³/mol. The van der Waals surface area contributed by atoms with E-state index in [0.717, 1.165) is 0 Å². The van der Waals surface area contributed by atoms with E-state index >= 15 is 0 Å². The number of thiocarbonyl (C=S) groups is 1. The molecular weight excluding hydrogens is 155 g/mol. The molecule has 0 fully saturated rings. The van der Waals surface area contributed by atoms with Crippen LogP contribution in [0, 0.1) is 0 Å². The Morgan fingerprint density at radius 3 is 2.29 bits per heavy atom. The molecule has 0 aliphatic heterocycles. The molecule has 0 aromatic carbocycles. The summed E-state index contributed by atoms with van der Waals surface area (Å²) >= 11 is 8.12. The zero-order valence-electron chi connectivity index (χ0n) is 3.47. The average molecular weight is 162 g/mol. The number of hydrogen-bond acceptors (Lipinski definition) is 2. The van der Waals surface area contributed by atoms with Gasteiger partial charge in [-0.2, -0.15) is 0 Å². The molecule has 0 saturated carbocycles. The second kappa shape index (κ2) is 7.88. The first-order valence-corrected chi connectivity index (χ1v) is 2.48. The summed E-state index contributed by atoms with van der Waals surface area (Å²) < 4.78 is 4.95. The van der Waals surface area contributed by atoms with E-state index in [0.29, 0.717) is 11.0 Å². The van der Waals surface area contributed by atoms with Gasteiger partial charge in [-0.3, -0.25) is 0 Å². The molecular formula is C3H7KOS2. The van der Waals surface area contributed by atoms with Crippen LogP contribution < -0.4 is 0 Å². The quantitative estimate of drug-likeness (QED) is 0.343. The second-order valence-corrected chi connectivity index (χ2v) is 1.78. The van der Waals surface area contributed by atoms with E-state index in [4.69, 9.17) is 0 Å². The van der Waals surface area contributed by atoms with Crippen LogP contribution in [0.3, 0.4) is 0 Å². The minimum atomic E-state index is 0. The third kappa shape index (κ3) is 11.4. The summed E-state index contributed by atoms with van der Waals surface area (Å²) in [5.41, 5.74) is 0. The summed E-state index contributed by atoms with van der Waals surface area (Å²) in [6, 6.07) is 0. The van der Waals surface area contributed by atoms with Gasteiger partial charge in [0.15, 0.2) is 0 Å². The van der Waals surface area contributed by atoms with Crippen molar-refractivity contribution < 1.29 is 4.74 Å². The van der Waals surface area contributed by atoms with Crippen molar-refractivity contribution in [2.75, 3.05) is 6.61 Å². The molecule has 0 aromatic rings. The Morgan fingerprint density at radius 2 is 2.29 bits per heavy atom. The molecule has 0 amide bonds. The molecule has 4 heteroatoms. The van der Waals surface area contributed by atoms with Crippen molar-refractivity contribution >= 4 is 80.6 Å². The molecule has 0 N–H and O–H groups in total. The van der Waals surface area contributed by atoms with E-state index in [1.54, 1.807) is 0 Å². The molecule has 0 bridgehead atoms.